The minimum atomic E-state index is -3.11. The van der Waals surface area contributed by atoms with Crippen molar-refractivity contribution in [2.24, 2.45) is 29.6 Å². The molecule has 5 aliphatic heterocycles. The number of nitrogens with zero attached hydrogens (tertiary/aromatic N) is 10. The van der Waals surface area contributed by atoms with Crippen LogP contribution in [0, 0.1) is 29.6 Å². The molecule has 10 aromatic heterocycles. The molecule has 1 unspecified atom stereocenters. The van der Waals surface area contributed by atoms with Crippen LogP contribution in [0.5, 0.6) is 0 Å². The van der Waals surface area contributed by atoms with Gasteiger partial charge >= 0.3 is 49.3 Å². The number of benzene rings is 10. The summed E-state index contributed by atoms with van der Waals surface area (Å²) in [5.74, 6) is 4.25. The zero-order valence-corrected chi connectivity index (χ0v) is 77.6. The number of fused-ring (bicyclic) bond motifs is 10. The van der Waals surface area contributed by atoms with Crippen molar-refractivity contribution < 1.29 is 69.4 Å². The Labute approximate surface area is 789 Å². The van der Waals surface area contributed by atoms with E-state index in [9.17, 15) is 32.7 Å². The number of para-hydroxylation sites is 6. The van der Waals surface area contributed by atoms with Gasteiger partial charge in [0.2, 0.25) is 17.7 Å². The largest absolute Gasteiger partial charge is 0.755 e. The van der Waals surface area contributed by atoms with Crippen LogP contribution in [0.3, 0.4) is 0 Å². The van der Waals surface area contributed by atoms with Crippen molar-refractivity contribution >= 4 is 198 Å². The average molecular weight is 1930 g/mol. The van der Waals surface area contributed by atoms with Gasteiger partial charge in [-0.3, -0.25) is 4.21 Å². The normalized spacial score (nSPS) is 14.6. The molecule has 32 nitrogen and oxygen atoms in total. The molecule has 5 saturated heterocycles. The predicted molar refractivity (Wildman–Crippen MR) is 527 cm³/mol. The van der Waals surface area contributed by atoms with Crippen molar-refractivity contribution in [3.8, 4) is 55.5 Å². The fourth-order valence-electron chi connectivity index (χ4n) is 16.9. The Bertz CT molecular complexity index is 7790. The first kappa shape index (κ1) is 90.7. The summed E-state index contributed by atoms with van der Waals surface area (Å²) in [5, 5.41) is 5.74. The monoisotopic (exact) mass is 1930 g/mol. The molecule has 0 spiro atoms. The van der Waals surface area contributed by atoms with Crippen molar-refractivity contribution in [1.29, 1.82) is 0 Å². The van der Waals surface area contributed by atoms with Crippen molar-refractivity contribution in [3.05, 3.63) is 289 Å². The van der Waals surface area contributed by atoms with Gasteiger partial charge in [0.05, 0.1) is 31.6 Å². The molecule has 10 aromatic carbocycles. The topological polar surface area (TPSA) is 426 Å². The molecule has 692 valence electrons. The summed E-state index contributed by atoms with van der Waals surface area (Å²) >= 11 is 0.587. The molecule has 1 atom stereocenters. The molecule has 0 bridgehead atoms. The second-order valence-corrected chi connectivity index (χ2v) is 37.8. The van der Waals surface area contributed by atoms with Crippen LogP contribution in [-0.2, 0) is 32.5 Å². The highest BCUT2D eigenvalue weighted by molar-refractivity contribution is 7.80. The summed E-state index contributed by atoms with van der Waals surface area (Å²) < 4.78 is 122. The van der Waals surface area contributed by atoms with Gasteiger partial charge in [0.15, 0.2) is 16.7 Å². The van der Waals surface area contributed by atoms with E-state index in [4.69, 9.17) is 60.6 Å². The zero-order valence-electron chi connectivity index (χ0n) is 73.6. The van der Waals surface area contributed by atoms with Crippen LogP contribution in [0.25, 0.3) is 164 Å². The Balaban J connectivity index is 0.000000107. The van der Waals surface area contributed by atoms with E-state index < -0.39 is 49.4 Å². The lowest BCUT2D eigenvalue weighted by Gasteiger charge is -2.39. The van der Waals surface area contributed by atoms with Crippen molar-refractivity contribution in [3.63, 3.8) is 0 Å². The molecule has 25 rings (SSSR count). The second-order valence-electron chi connectivity index (χ2n) is 34.3. The van der Waals surface area contributed by atoms with Gasteiger partial charge in [0.1, 0.15) is 71.2 Å². The number of oxazole rings is 3. The van der Waals surface area contributed by atoms with Crippen LogP contribution in [0.2, 0.25) is 0 Å². The molecule has 15 heterocycles. The molecule has 137 heavy (non-hydrogen) atoms. The van der Waals surface area contributed by atoms with E-state index in [2.05, 4.69) is 113 Å². The molecule has 20 aromatic rings. The fourth-order valence-corrected chi connectivity index (χ4v) is 19.2. The van der Waals surface area contributed by atoms with Gasteiger partial charge in [-0.1, -0.05) is 83.1 Å². The summed E-state index contributed by atoms with van der Waals surface area (Å²) in [6.07, 6.45) is 0. The minimum absolute atomic E-state index is 0.122. The van der Waals surface area contributed by atoms with Gasteiger partial charge in [0.25, 0.3) is 0 Å². The van der Waals surface area contributed by atoms with E-state index >= 15 is 0 Å². The lowest BCUT2D eigenvalue weighted by molar-refractivity contribution is 0.447. The van der Waals surface area contributed by atoms with Gasteiger partial charge in [-0.2, -0.15) is 0 Å². The van der Waals surface area contributed by atoms with E-state index in [0.29, 0.717) is 106 Å². The Kier molecular flexibility index (Phi) is 25.5. The molecule has 0 amide bonds. The number of anilines is 6. The van der Waals surface area contributed by atoms with E-state index in [-0.39, 0.29) is 34.5 Å². The first-order chi connectivity index (χ1) is 66.1. The molecule has 1 N–H and O–H groups in total. The molecule has 0 saturated carbocycles. The van der Waals surface area contributed by atoms with E-state index in [0.717, 1.165) is 164 Å². The number of aromatic nitrogens is 5. The van der Waals surface area contributed by atoms with E-state index in [1.165, 1.54) is 28.7 Å². The van der Waals surface area contributed by atoms with Crippen LogP contribution in [0.15, 0.2) is 296 Å². The molecular weight excluding hydrogens is 1850 g/mol. The number of thiazole rings is 2. The summed E-state index contributed by atoms with van der Waals surface area (Å²) in [5.41, 5.74) is 14.0. The van der Waals surface area contributed by atoms with Crippen LogP contribution in [-0.4, -0.2) is 124 Å². The maximum atomic E-state index is 12.6. The number of hydrogen-bond acceptors (Lipinski definition) is 33. The maximum absolute atomic E-state index is 12.6. The lowest BCUT2D eigenvalue weighted by atomic mass is 10.0. The Morgan fingerprint density at radius 3 is 0.818 bits per heavy atom. The highest BCUT2D eigenvalue weighted by Gasteiger charge is 2.30. The Morgan fingerprint density at radius 1 is 0.285 bits per heavy atom. The predicted octanol–water partition coefficient (Wildman–Crippen LogP) is 18.4. The van der Waals surface area contributed by atoms with Gasteiger partial charge in [0, 0.05) is 174 Å². The first-order valence-electron chi connectivity index (χ1n) is 43.5. The number of nitrogens with one attached hydrogen (secondary N) is 1. The van der Waals surface area contributed by atoms with Crippen LogP contribution in [0.4, 0.5) is 34.1 Å². The minimum Gasteiger partial charge on any atom is -0.755 e. The third kappa shape index (κ3) is 20.1. The summed E-state index contributed by atoms with van der Waals surface area (Å²) in [7, 11) is -6.22. The third-order valence-corrected chi connectivity index (χ3v) is 26.2. The van der Waals surface area contributed by atoms with Crippen molar-refractivity contribution in [2.45, 2.75) is 34.6 Å². The Morgan fingerprint density at radius 2 is 0.540 bits per heavy atom. The number of rotatable bonds is 12. The molecular formula is C100H80N11O21S5-. The standard InChI is InChI=1S/C20H17N3O5S.2C20H16N2O3.2C20H16N2O2S.2O3S/c1-11-9-23(10-11)14-4-2-12-6-15(20(24)28-17(12)8-14)19-21-16-5-3-13(22-29(25)26)7-18(16)27-19;2*1-12-10-22(11-12)14-7-6-13-8-15(20(23)25-18(13)9-14)19-21-16-4-2-3-5-17(16)24-19;2*1-12-10-22(11-12)14-7-6-13-8-15(20(23)24-17(13)9-14)19-21-16-4-2-3-5-18(16)25-19;2*1-4(2)3/h2-8,11,22H,9-10H2,1H3,(H,25,26);4*2-9,12H,10-11H2,1H3;;/p-1. The maximum Gasteiger partial charge on any atom is 0.425 e. The summed E-state index contributed by atoms with van der Waals surface area (Å²) in [6.45, 7) is 21.5. The molecule has 37 heteroatoms. The lowest BCUT2D eigenvalue weighted by Crippen LogP contribution is -2.45. The number of hydrogen-bond donors (Lipinski definition) is 1. The quantitative estimate of drug-likeness (QED) is 0.0876. The van der Waals surface area contributed by atoms with Crippen LogP contribution >= 0.6 is 22.7 Å². The van der Waals surface area contributed by atoms with Gasteiger partial charge in [-0.25, -0.2) is 48.9 Å². The SMILES string of the molecule is CC1CN(c2ccc3cc(-c4nc5ccc(NS(=O)[O-])cc5o4)c(=O)oc3c2)C1.CC1CN(c2ccc3cc(-c4nc5ccccc5o4)c(=O)oc3c2)C1.CC1CN(c2ccc3cc(-c4nc5ccccc5o4)c(=O)oc3c2)C1.CC1CN(c2ccc3cc(-c4nc5ccccc5s4)c(=O)oc3c2)C1.CC1CN(c2ccc3cc(-c4nc5ccccc5s4)c(=O)oc3c2)C1.O=S(=O)=O.O=S(=O)=O. The summed E-state index contributed by atoms with van der Waals surface area (Å²) in [4.78, 5) is 96.1. The third-order valence-electron chi connectivity index (χ3n) is 23.7. The van der Waals surface area contributed by atoms with Crippen LogP contribution < -0.4 is 57.3 Å². The fraction of sp³-hybridized carbons (Fsp3) is 0.200. The molecule has 0 radical (unpaired) electrons. The van der Waals surface area contributed by atoms with E-state index in [1.807, 2.05) is 176 Å². The van der Waals surface area contributed by atoms with Crippen molar-refractivity contribution in [1.82, 2.24) is 24.9 Å². The van der Waals surface area contributed by atoms with Crippen LogP contribution in [0.1, 0.15) is 34.6 Å². The molecule has 0 aliphatic carbocycles. The van der Waals surface area contributed by atoms with Gasteiger partial charge < -0.3 is 69.1 Å². The molecule has 5 aliphatic rings. The first-order valence-corrected chi connectivity index (χ1v) is 48.2. The highest BCUT2D eigenvalue weighted by atomic mass is 32.2. The summed E-state index contributed by atoms with van der Waals surface area (Å²) in [6, 6.07) is 74.3. The smallest absolute Gasteiger partial charge is 0.425 e. The van der Waals surface area contributed by atoms with Gasteiger partial charge in [-0.15, -0.1) is 47.9 Å². The van der Waals surface area contributed by atoms with Crippen molar-refractivity contribution in [2.75, 3.05) is 94.7 Å². The second kappa shape index (κ2) is 38.5. The zero-order chi connectivity index (χ0) is 95.1. The average Bonchev–Trinajstić information content (AvgIpc) is 1.27. The molecule has 5 fully saturated rings. The van der Waals surface area contributed by atoms with E-state index in [1.54, 1.807) is 30.3 Å². The highest BCUT2D eigenvalue weighted by Crippen LogP contribution is 2.39. The van der Waals surface area contributed by atoms with Gasteiger partial charge in [-0.05, 0) is 181 Å². The Hall–Kier alpha value is -15.4.